The Balaban J connectivity index is 2.43. The van der Waals surface area contributed by atoms with Gasteiger partial charge in [-0.15, -0.1) is 0 Å². The van der Waals surface area contributed by atoms with Gasteiger partial charge in [0, 0.05) is 24.1 Å². The molecule has 0 saturated heterocycles. The predicted octanol–water partition coefficient (Wildman–Crippen LogP) is 2.39. The van der Waals surface area contributed by atoms with Crippen molar-refractivity contribution < 1.29 is 13.3 Å². The van der Waals surface area contributed by atoms with Gasteiger partial charge in [-0.1, -0.05) is 15.9 Å². The zero-order chi connectivity index (χ0) is 14.2. The van der Waals surface area contributed by atoms with Gasteiger partial charge in [0.15, 0.2) is 4.90 Å². The second-order valence-corrected chi connectivity index (χ2v) is 7.53. The van der Waals surface area contributed by atoms with Gasteiger partial charge in [-0.25, -0.2) is 12.7 Å². The minimum atomic E-state index is -3.83. The van der Waals surface area contributed by atoms with Gasteiger partial charge < -0.3 is 0 Å². The summed E-state index contributed by atoms with van der Waals surface area (Å²) in [4.78, 5) is 10.00. The molecule has 2 rings (SSSR count). The fraction of sp³-hybridized carbons (Fsp3) is 0.455. The number of hydrogen-bond donors (Lipinski definition) is 0. The molecule has 0 atom stereocenters. The van der Waals surface area contributed by atoms with Crippen molar-refractivity contribution in [1.82, 2.24) is 4.31 Å². The van der Waals surface area contributed by atoms with Crippen LogP contribution in [0.2, 0.25) is 0 Å². The molecule has 104 valence electrons. The molecule has 0 bridgehead atoms. The topological polar surface area (TPSA) is 80.5 Å². The van der Waals surface area contributed by atoms with Crippen molar-refractivity contribution in [2.24, 2.45) is 5.92 Å². The van der Waals surface area contributed by atoms with Gasteiger partial charge >= 0.3 is 0 Å². The van der Waals surface area contributed by atoms with Crippen LogP contribution in [0.25, 0.3) is 0 Å². The highest BCUT2D eigenvalue weighted by atomic mass is 79.9. The second-order valence-electron chi connectivity index (χ2n) is 4.60. The summed E-state index contributed by atoms with van der Waals surface area (Å²) in [6.07, 6.45) is 2.03. The van der Waals surface area contributed by atoms with Crippen LogP contribution < -0.4 is 0 Å². The lowest BCUT2D eigenvalue weighted by Crippen LogP contribution is -2.29. The molecule has 1 aliphatic rings. The monoisotopic (exact) mass is 348 g/mol. The molecule has 1 fully saturated rings. The van der Waals surface area contributed by atoms with Gasteiger partial charge in [-0.3, -0.25) is 10.1 Å². The zero-order valence-electron chi connectivity index (χ0n) is 10.2. The first-order chi connectivity index (χ1) is 8.82. The molecule has 6 nitrogen and oxygen atoms in total. The predicted molar refractivity (Wildman–Crippen MR) is 73.3 cm³/mol. The number of hydrogen-bond acceptors (Lipinski definition) is 4. The second kappa shape index (κ2) is 5.18. The quantitative estimate of drug-likeness (QED) is 0.604. The van der Waals surface area contributed by atoms with Gasteiger partial charge in [-0.2, -0.15) is 0 Å². The molecule has 1 aliphatic carbocycles. The Bertz CT molecular complexity index is 613. The van der Waals surface area contributed by atoms with E-state index in [1.54, 1.807) is 0 Å². The van der Waals surface area contributed by atoms with E-state index in [9.17, 15) is 18.5 Å². The van der Waals surface area contributed by atoms with E-state index in [1.807, 2.05) is 0 Å². The largest absolute Gasteiger partial charge is 0.289 e. The SMILES string of the molecule is CN(CC1CC1)S(=O)(=O)c1cc(Br)ccc1[N+](=O)[O-]. The van der Waals surface area contributed by atoms with Gasteiger partial charge in [0.25, 0.3) is 5.69 Å². The highest BCUT2D eigenvalue weighted by Crippen LogP contribution is 2.33. The minimum absolute atomic E-state index is 0.268. The third-order valence-corrected chi connectivity index (χ3v) is 5.36. The third kappa shape index (κ3) is 3.13. The number of nitrogens with zero attached hydrogens (tertiary/aromatic N) is 2. The van der Waals surface area contributed by atoms with E-state index in [0.29, 0.717) is 16.9 Å². The van der Waals surface area contributed by atoms with Crippen molar-refractivity contribution in [1.29, 1.82) is 0 Å². The van der Waals surface area contributed by atoms with E-state index in [2.05, 4.69) is 15.9 Å². The maximum atomic E-state index is 12.4. The number of nitro benzene ring substituents is 1. The molecule has 1 saturated carbocycles. The first-order valence-corrected chi connectivity index (χ1v) is 7.96. The van der Waals surface area contributed by atoms with Crippen LogP contribution in [0.4, 0.5) is 5.69 Å². The van der Waals surface area contributed by atoms with Gasteiger partial charge in [0.05, 0.1) is 4.92 Å². The number of halogens is 1. The number of rotatable bonds is 5. The van der Waals surface area contributed by atoms with Crippen LogP contribution >= 0.6 is 15.9 Å². The molecule has 0 N–H and O–H groups in total. The Morgan fingerprint density at radius 1 is 1.47 bits per heavy atom. The summed E-state index contributed by atoms with van der Waals surface area (Å²) in [5, 5.41) is 10.9. The van der Waals surface area contributed by atoms with Gasteiger partial charge in [0.2, 0.25) is 10.0 Å². The molecule has 0 aromatic heterocycles. The zero-order valence-corrected chi connectivity index (χ0v) is 12.6. The van der Waals surface area contributed by atoms with Crippen molar-refractivity contribution in [2.75, 3.05) is 13.6 Å². The lowest BCUT2D eigenvalue weighted by Gasteiger charge is -2.16. The highest BCUT2D eigenvalue weighted by Gasteiger charge is 2.33. The Hall–Kier alpha value is -0.990. The van der Waals surface area contributed by atoms with Crippen LogP contribution in [0.3, 0.4) is 0 Å². The molecule has 0 spiro atoms. The molecular weight excluding hydrogens is 336 g/mol. The van der Waals surface area contributed by atoms with Crippen molar-refractivity contribution in [3.8, 4) is 0 Å². The van der Waals surface area contributed by atoms with Crippen LogP contribution in [0.5, 0.6) is 0 Å². The van der Waals surface area contributed by atoms with Crippen LogP contribution in [0.1, 0.15) is 12.8 Å². The number of sulfonamides is 1. The van der Waals surface area contributed by atoms with Crippen molar-refractivity contribution >= 4 is 31.6 Å². The first kappa shape index (κ1) is 14.4. The fourth-order valence-corrected chi connectivity index (χ4v) is 3.71. The van der Waals surface area contributed by atoms with Crippen molar-refractivity contribution in [3.05, 3.63) is 32.8 Å². The van der Waals surface area contributed by atoms with E-state index < -0.39 is 20.6 Å². The molecule has 0 amide bonds. The molecule has 8 heteroatoms. The van der Waals surface area contributed by atoms with E-state index in [-0.39, 0.29) is 4.90 Å². The van der Waals surface area contributed by atoms with Crippen LogP contribution in [-0.2, 0) is 10.0 Å². The van der Waals surface area contributed by atoms with Gasteiger partial charge in [-0.05, 0) is 30.9 Å². The van der Waals surface area contributed by atoms with E-state index in [1.165, 1.54) is 29.6 Å². The fourth-order valence-electron chi connectivity index (χ4n) is 1.78. The lowest BCUT2D eigenvalue weighted by molar-refractivity contribution is -0.387. The number of nitro groups is 1. The summed E-state index contributed by atoms with van der Waals surface area (Å²) in [6, 6.07) is 3.93. The normalized spacial score (nSPS) is 15.7. The number of benzene rings is 1. The maximum Gasteiger partial charge on any atom is 0.289 e. The summed E-state index contributed by atoms with van der Waals surface area (Å²) in [5.74, 6) is 0.381. The standard InChI is InChI=1S/C11H13BrN2O4S/c1-13(7-8-2-3-8)19(17,18)11-6-9(12)4-5-10(11)14(15)16/h4-6,8H,2-3,7H2,1H3. The molecular formula is C11H13BrN2O4S. The summed E-state index contributed by atoms with van der Waals surface area (Å²) in [6.45, 7) is 0.409. The molecule has 1 aromatic rings. The Morgan fingerprint density at radius 2 is 2.11 bits per heavy atom. The smallest absolute Gasteiger partial charge is 0.258 e. The average Bonchev–Trinajstić information content (AvgIpc) is 3.12. The van der Waals surface area contributed by atoms with E-state index in [0.717, 1.165) is 12.8 Å². The molecule has 0 radical (unpaired) electrons. The molecule has 19 heavy (non-hydrogen) atoms. The van der Waals surface area contributed by atoms with Crippen LogP contribution in [-0.4, -0.2) is 31.2 Å². The molecule has 0 heterocycles. The summed E-state index contributed by atoms with van der Waals surface area (Å²) in [5.41, 5.74) is -0.397. The van der Waals surface area contributed by atoms with E-state index in [4.69, 9.17) is 0 Å². The lowest BCUT2D eigenvalue weighted by atomic mass is 10.3. The summed E-state index contributed by atoms with van der Waals surface area (Å²) >= 11 is 3.14. The van der Waals surface area contributed by atoms with Crippen LogP contribution in [0, 0.1) is 16.0 Å². The van der Waals surface area contributed by atoms with Crippen molar-refractivity contribution in [3.63, 3.8) is 0 Å². The first-order valence-electron chi connectivity index (χ1n) is 5.72. The highest BCUT2D eigenvalue weighted by molar-refractivity contribution is 9.10. The van der Waals surface area contributed by atoms with Crippen LogP contribution in [0.15, 0.2) is 27.6 Å². The Morgan fingerprint density at radius 3 is 2.63 bits per heavy atom. The third-order valence-electron chi connectivity index (χ3n) is 3.02. The summed E-state index contributed by atoms with van der Waals surface area (Å²) < 4.78 is 26.4. The maximum absolute atomic E-state index is 12.4. The van der Waals surface area contributed by atoms with Crippen molar-refractivity contribution in [2.45, 2.75) is 17.7 Å². The minimum Gasteiger partial charge on any atom is -0.258 e. The summed E-state index contributed by atoms with van der Waals surface area (Å²) in [7, 11) is -2.37. The molecule has 0 aliphatic heterocycles. The molecule has 0 unspecified atom stereocenters. The average molecular weight is 349 g/mol. The molecule has 1 aromatic carbocycles. The Labute approximate surface area is 119 Å². The Kier molecular flexibility index (Phi) is 3.93. The van der Waals surface area contributed by atoms with E-state index >= 15 is 0 Å². The van der Waals surface area contributed by atoms with Gasteiger partial charge in [0.1, 0.15) is 0 Å².